The number of benzene rings is 1. The Morgan fingerprint density at radius 3 is 2.86 bits per heavy atom. The minimum atomic E-state index is -4.41. The fraction of sp³-hybridized carbons (Fsp3) is 0.550. The number of halogens is 3. The van der Waals surface area contributed by atoms with Gasteiger partial charge in [-0.3, -0.25) is 4.79 Å². The maximum Gasteiger partial charge on any atom is 0.431 e. The monoisotopic (exact) mass is 395 g/mol. The molecule has 4 atom stereocenters. The highest BCUT2D eigenvalue weighted by Gasteiger charge is 2.44. The molecule has 2 heterocycles. The first-order chi connectivity index (χ1) is 13.2. The number of amides is 1. The van der Waals surface area contributed by atoms with Crippen LogP contribution < -0.4 is 5.32 Å². The Bertz CT molecular complexity index is 908. The minimum Gasteiger partial charge on any atom is -0.396 e. The van der Waals surface area contributed by atoms with E-state index < -0.39 is 17.8 Å². The maximum atomic E-state index is 13.6. The molecule has 1 aromatic heterocycles. The number of hydrogen-bond acceptors (Lipinski definition) is 3. The van der Waals surface area contributed by atoms with Gasteiger partial charge in [-0.25, -0.2) is 0 Å². The lowest BCUT2D eigenvalue weighted by Gasteiger charge is -2.46. The standard InChI is InChI=1S/C20H24F3N3O2/c1-10(9-27)19(28)24-11-6-13-12-4-3-5-15-17(12)14(7-16(13)26(2)8-11)18(25-15)20(21,22)23/h3-5,10-11,13,16,25,27H,6-9H2,1-2H3,(H,24,28)/t10?,11?,13?,16-/m1/s1. The van der Waals surface area contributed by atoms with Crippen LogP contribution in [0.25, 0.3) is 10.9 Å². The molecule has 3 unspecified atom stereocenters. The van der Waals surface area contributed by atoms with Crippen molar-refractivity contribution in [2.45, 2.75) is 43.9 Å². The van der Waals surface area contributed by atoms with Gasteiger partial charge in [0.15, 0.2) is 0 Å². The quantitative estimate of drug-likeness (QED) is 0.749. The van der Waals surface area contributed by atoms with Gasteiger partial charge < -0.3 is 20.3 Å². The highest BCUT2D eigenvalue weighted by molar-refractivity contribution is 5.90. The summed E-state index contributed by atoms with van der Waals surface area (Å²) in [7, 11) is 1.90. The zero-order valence-electron chi connectivity index (χ0n) is 15.8. The van der Waals surface area contributed by atoms with E-state index in [1.165, 1.54) is 0 Å². The van der Waals surface area contributed by atoms with E-state index in [0.717, 1.165) is 5.56 Å². The Kier molecular flexibility index (Phi) is 4.66. The molecule has 8 heteroatoms. The second kappa shape index (κ2) is 6.77. The number of aliphatic hydroxyl groups excluding tert-OH is 1. The molecule has 4 rings (SSSR count). The summed E-state index contributed by atoms with van der Waals surface area (Å²) in [5.41, 5.74) is 1.13. The molecule has 1 aliphatic heterocycles. The number of alkyl halides is 3. The number of aromatic amines is 1. The second-order valence-corrected chi connectivity index (χ2v) is 8.09. The average molecular weight is 395 g/mol. The average Bonchev–Trinajstić information content (AvgIpc) is 3.02. The number of nitrogens with one attached hydrogen (secondary N) is 2. The maximum absolute atomic E-state index is 13.6. The Balaban J connectivity index is 1.71. The van der Waals surface area contributed by atoms with Gasteiger partial charge in [0, 0.05) is 35.4 Å². The van der Waals surface area contributed by atoms with Gasteiger partial charge >= 0.3 is 6.18 Å². The van der Waals surface area contributed by atoms with Gasteiger partial charge in [-0.1, -0.05) is 19.1 Å². The highest BCUT2D eigenvalue weighted by Crippen LogP contribution is 2.47. The van der Waals surface area contributed by atoms with Crippen LogP contribution >= 0.6 is 0 Å². The molecule has 1 fully saturated rings. The van der Waals surface area contributed by atoms with Crippen LogP contribution in [0.3, 0.4) is 0 Å². The van der Waals surface area contributed by atoms with Crippen LogP contribution in [-0.2, 0) is 17.4 Å². The fourth-order valence-corrected chi connectivity index (χ4v) is 4.80. The van der Waals surface area contributed by atoms with Crippen molar-refractivity contribution in [1.82, 2.24) is 15.2 Å². The van der Waals surface area contributed by atoms with Gasteiger partial charge in [-0.2, -0.15) is 13.2 Å². The molecule has 3 N–H and O–H groups in total. The normalized spacial score (nSPS) is 26.1. The summed E-state index contributed by atoms with van der Waals surface area (Å²) in [6.45, 7) is 2.02. The molecule has 1 saturated heterocycles. The summed E-state index contributed by atoms with van der Waals surface area (Å²) >= 11 is 0. The number of hydrogen-bond donors (Lipinski definition) is 3. The molecule has 1 amide bonds. The molecule has 0 spiro atoms. The van der Waals surface area contributed by atoms with Crippen molar-refractivity contribution in [2.75, 3.05) is 20.2 Å². The van der Waals surface area contributed by atoms with Crippen molar-refractivity contribution in [3.8, 4) is 0 Å². The molecule has 0 radical (unpaired) electrons. The first kappa shape index (κ1) is 19.3. The number of fused-ring (bicyclic) bond motifs is 2. The largest absolute Gasteiger partial charge is 0.431 e. The van der Waals surface area contributed by atoms with Crippen LogP contribution in [0.1, 0.15) is 36.1 Å². The van der Waals surface area contributed by atoms with Crippen molar-refractivity contribution >= 4 is 16.8 Å². The second-order valence-electron chi connectivity index (χ2n) is 8.09. The van der Waals surface area contributed by atoms with E-state index in [9.17, 15) is 23.1 Å². The minimum absolute atomic E-state index is 0.0431. The summed E-state index contributed by atoms with van der Waals surface area (Å²) in [5, 5.41) is 12.9. The summed E-state index contributed by atoms with van der Waals surface area (Å²) in [6, 6.07) is 5.23. The lowest BCUT2D eigenvalue weighted by atomic mass is 9.73. The topological polar surface area (TPSA) is 68.4 Å². The lowest BCUT2D eigenvalue weighted by molar-refractivity contribution is -0.141. The van der Waals surface area contributed by atoms with Crippen LogP contribution in [0.5, 0.6) is 0 Å². The molecule has 152 valence electrons. The number of aromatic nitrogens is 1. The summed E-state index contributed by atoms with van der Waals surface area (Å²) < 4.78 is 40.7. The predicted molar refractivity (Wildman–Crippen MR) is 99.0 cm³/mol. The van der Waals surface area contributed by atoms with Gasteiger partial charge in [0.1, 0.15) is 5.69 Å². The summed E-state index contributed by atoms with van der Waals surface area (Å²) in [4.78, 5) is 16.8. The molecule has 2 aliphatic rings. The number of likely N-dealkylation sites (tertiary alicyclic amines) is 1. The van der Waals surface area contributed by atoms with Crippen LogP contribution in [0, 0.1) is 5.92 Å². The fourth-order valence-electron chi connectivity index (χ4n) is 4.80. The SMILES string of the molecule is CC(CO)C(=O)NC1CC2c3cccc4[nH]c(C(F)(F)F)c(c34)C[C@H]2N(C)C1. The number of piperidine rings is 1. The van der Waals surface area contributed by atoms with Crippen LogP contribution in [-0.4, -0.2) is 53.2 Å². The number of carbonyl (C=O) groups excluding carboxylic acids is 1. The van der Waals surface area contributed by atoms with Gasteiger partial charge in [-0.05, 0) is 37.1 Å². The Morgan fingerprint density at radius 2 is 2.18 bits per heavy atom. The van der Waals surface area contributed by atoms with Gasteiger partial charge in [0.2, 0.25) is 5.91 Å². The summed E-state index contributed by atoms with van der Waals surface area (Å²) in [6.07, 6.45) is -3.41. The smallest absolute Gasteiger partial charge is 0.396 e. The molecular formula is C20H24F3N3O2. The molecule has 0 saturated carbocycles. The Labute approximate surface area is 160 Å². The van der Waals surface area contributed by atoms with Gasteiger partial charge in [0.05, 0.1) is 12.5 Å². The molecule has 2 aromatic rings. The lowest BCUT2D eigenvalue weighted by Crippen LogP contribution is -2.55. The Hall–Kier alpha value is -2.06. The highest BCUT2D eigenvalue weighted by atomic mass is 19.4. The van der Waals surface area contributed by atoms with E-state index >= 15 is 0 Å². The van der Waals surface area contributed by atoms with E-state index in [4.69, 9.17) is 0 Å². The first-order valence-electron chi connectivity index (χ1n) is 9.52. The molecule has 1 aromatic carbocycles. The number of carbonyl (C=O) groups is 1. The van der Waals surface area contributed by atoms with E-state index in [2.05, 4.69) is 15.2 Å². The number of aliphatic hydroxyl groups is 1. The Morgan fingerprint density at radius 1 is 1.43 bits per heavy atom. The molecule has 0 bridgehead atoms. The molecule has 1 aliphatic carbocycles. The van der Waals surface area contributed by atoms with E-state index in [-0.39, 0.29) is 30.5 Å². The number of likely N-dealkylation sites (N-methyl/N-ethyl adjacent to an activating group) is 1. The van der Waals surface area contributed by atoms with Crippen LogP contribution in [0.4, 0.5) is 13.2 Å². The van der Waals surface area contributed by atoms with Gasteiger partial charge in [0.25, 0.3) is 0 Å². The van der Waals surface area contributed by atoms with E-state index in [1.54, 1.807) is 19.1 Å². The zero-order valence-corrected chi connectivity index (χ0v) is 15.8. The van der Waals surface area contributed by atoms with E-state index in [0.29, 0.717) is 35.9 Å². The number of nitrogens with zero attached hydrogens (tertiary/aromatic N) is 1. The number of H-pyrrole nitrogens is 1. The number of rotatable bonds is 3. The molecule has 28 heavy (non-hydrogen) atoms. The first-order valence-corrected chi connectivity index (χ1v) is 9.52. The summed E-state index contributed by atoms with van der Waals surface area (Å²) in [5.74, 6) is -0.639. The van der Waals surface area contributed by atoms with Crippen molar-refractivity contribution < 1.29 is 23.1 Å². The molecule has 5 nitrogen and oxygen atoms in total. The van der Waals surface area contributed by atoms with Crippen molar-refractivity contribution in [2.24, 2.45) is 5.92 Å². The third kappa shape index (κ3) is 3.08. The predicted octanol–water partition coefficient (Wildman–Crippen LogP) is 2.64. The van der Waals surface area contributed by atoms with Crippen molar-refractivity contribution in [3.63, 3.8) is 0 Å². The van der Waals surface area contributed by atoms with Crippen LogP contribution in [0.15, 0.2) is 18.2 Å². The van der Waals surface area contributed by atoms with E-state index in [1.807, 2.05) is 13.1 Å². The molecular weight excluding hydrogens is 371 g/mol. The van der Waals surface area contributed by atoms with Crippen molar-refractivity contribution in [3.05, 3.63) is 35.0 Å². The third-order valence-electron chi connectivity index (χ3n) is 6.20. The van der Waals surface area contributed by atoms with Crippen molar-refractivity contribution in [1.29, 1.82) is 0 Å². The third-order valence-corrected chi connectivity index (χ3v) is 6.20. The zero-order chi connectivity index (χ0) is 20.2. The van der Waals surface area contributed by atoms with Gasteiger partial charge in [-0.15, -0.1) is 0 Å². The van der Waals surface area contributed by atoms with Crippen LogP contribution in [0.2, 0.25) is 0 Å².